The van der Waals surface area contributed by atoms with E-state index < -0.39 is 0 Å². The van der Waals surface area contributed by atoms with Gasteiger partial charge in [0.1, 0.15) is 5.75 Å². The van der Waals surface area contributed by atoms with Gasteiger partial charge in [-0.1, -0.05) is 49.4 Å². The number of ether oxygens (including phenoxy) is 1. The SMILES string of the molecule is CCc1ccc(CC(N)C2COc3ccccc32)cc1. The number of para-hydroxylation sites is 1. The molecule has 0 aliphatic carbocycles. The van der Waals surface area contributed by atoms with Crippen molar-refractivity contribution in [3.63, 3.8) is 0 Å². The Morgan fingerprint density at radius 3 is 2.55 bits per heavy atom. The van der Waals surface area contributed by atoms with Crippen LogP contribution in [0.15, 0.2) is 48.5 Å². The number of aryl methyl sites for hydroxylation is 1. The topological polar surface area (TPSA) is 35.2 Å². The van der Waals surface area contributed by atoms with Gasteiger partial charge in [0.25, 0.3) is 0 Å². The van der Waals surface area contributed by atoms with E-state index in [-0.39, 0.29) is 6.04 Å². The molecule has 2 aromatic rings. The number of benzene rings is 2. The lowest BCUT2D eigenvalue weighted by Crippen LogP contribution is -2.31. The number of hydrogen-bond donors (Lipinski definition) is 1. The fourth-order valence-electron chi connectivity index (χ4n) is 2.87. The zero-order valence-electron chi connectivity index (χ0n) is 11.9. The van der Waals surface area contributed by atoms with Gasteiger partial charge >= 0.3 is 0 Å². The van der Waals surface area contributed by atoms with Crippen molar-refractivity contribution >= 4 is 0 Å². The van der Waals surface area contributed by atoms with Crippen LogP contribution in [0.2, 0.25) is 0 Å². The van der Waals surface area contributed by atoms with E-state index in [2.05, 4.69) is 43.3 Å². The van der Waals surface area contributed by atoms with Crippen LogP contribution >= 0.6 is 0 Å². The molecule has 1 aliphatic rings. The Morgan fingerprint density at radius 1 is 1.10 bits per heavy atom. The van der Waals surface area contributed by atoms with Crippen molar-refractivity contribution in [2.24, 2.45) is 5.73 Å². The van der Waals surface area contributed by atoms with E-state index in [4.69, 9.17) is 10.5 Å². The van der Waals surface area contributed by atoms with Gasteiger partial charge < -0.3 is 10.5 Å². The molecule has 0 spiro atoms. The monoisotopic (exact) mass is 267 g/mol. The molecular weight excluding hydrogens is 246 g/mol. The molecule has 0 fully saturated rings. The lowest BCUT2D eigenvalue weighted by atomic mass is 9.89. The molecule has 2 aromatic carbocycles. The summed E-state index contributed by atoms with van der Waals surface area (Å²) in [6.45, 7) is 2.88. The predicted octanol–water partition coefficient (Wildman–Crippen LogP) is 3.30. The van der Waals surface area contributed by atoms with Crippen molar-refractivity contribution in [1.82, 2.24) is 0 Å². The predicted molar refractivity (Wildman–Crippen MR) is 82.2 cm³/mol. The minimum absolute atomic E-state index is 0.103. The van der Waals surface area contributed by atoms with E-state index in [0.29, 0.717) is 12.5 Å². The molecule has 20 heavy (non-hydrogen) atoms. The number of fused-ring (bicyclic) bond motifs is 1. The summed E-state index contributed by atoms with van der Waals surface area (Å²) >= 11 is 0. The molecule has 2 nitrogen and oxygen atoms in total. The molecule has 0 saturated carbocycles. The first-order valence-electron chi connectivity index (χ1n) is 7.33. The second-order valence-electron chi connectivity index (χ2n) is 5.49. The molecule has 0 radical (unpaired) electrons. The van der Waals surface area contributed by atoms with Crippen LogP contribution in [-0.4, -0.2) is 12.6 Å². The number of rotatable bonds is 4. The Kier molecular flexibility index (Phi) is 3.75. The molecule has 0 amide bonds. The summed E-state index contributed by atoms with van der Waals surface area (Å²) in [7, 11) is 0. The molecule has 0 saturated heterocycles. The van der Waals surface area contributed by atoms with Crippen LogP contribution in [-0.2, 0) is 12.8 Å². The summed E-state index contributed by atoms with van der Waals surface area (Å²) in [5.74, 6) is 1.30. The Balaban J connectivity index is 1.72. The van der Waals surface area contributed by atoms with Crippen molar-refractivity contribution in [3.8, 4) is 5.75 Å². The first kappa shape index (κ1) is 13.2. The maximum Gasteiger partial charge on any atom is 0.122 e. The van der Waals surface area contributed by atoms with E-state index in [9.17, 15) is 0 Å². The van der Waals surface area contributed by atoms with Gasteiger partial charge in [-0.05, 0) is 30.0 Å². The normalized spacial score (nSPS) is 18.4. The first-order valence-corrected chi connectivity index (χ1v) is 7.33. The van der Waals surface area contributed by atoms with Gasteiger partial charge in [-0.25, -0.2) is 0 Å². The van der Waals surface area contributed by atoms with Crippen molar-refractivity contribution in [2.75, 3.05) is 6.61 Å². The van der Waals surface area contributed by atoms with Crippen LogP contribution in [0.1, 0.15) is 29.5 Å². The van der Waals surface area contributed by atoms with Gasteiger partial charge in [-0.3, -0.25) is 0 Å². The molecule has 2 N–H and O–H groups in total. The van der Waals surface area contributed by atoms with Crippen molar-refractivity contribution in [3.05, 3.63) is 65.2 Å². The molecule has 0 bridgehead atoms. The molecule has 1 aliphatic heterocycles. The van der Waals surface area contributed by atoms with Crippen molar-refractivity contribution in [1.29, 1.82) is 0 Å². The lowest BCUT2D eigenvalue weighted by Gasteiger charge is -2.18. The standard InChI is InChI=1S/C18H21NO/c1-2-13-7-9-14(10-8-13)11-17(19)16-12-20-18-6-4-3-5-15(16)18/h3-10,16-17H,2,11-12,19H2,1H3. The lowest BCUT2D eigenvalue weighted by molar-refractivity contribution is 0.313. The molecule has 104 valence electrons. The van der Waals surface area contributed by atoms with Crippen LogP contribution in [0.5, 0.6) is 5.75 Å². The summed E-state index contributed by atoms with van der Waals surface area (Å²) in [5, 5.41) is 0. The quantitative estimate of drug-likeness (QED) is 0.922. The molecule has 3 rings (SSSR count). The van der Waals surface area contributed by atoms with Crippen LogP contribution in [0.3, 0.4) is 0 Å². The van der Waals surface area contributed by atoms with Gasteiger partial charge in [0.05, 0.1) is 6.61 Å². The fourth-order valence-corrected chi connectivity index (χ4v) is 2.87. The van der Waals surface area contributed by atoms with Crippen LogP contribution in [0, 0.1) is 0 Å². The second-order valence-corrected chi connectivity index (χ2v) is 5.49. The smallest absolute Gasteiger partial charge is 0.122 e. The van der Waals surface area contributed by atoms with Gasteiger partial charge in [0, 0.05) is 17.5 Å². The van der Waals surface area contributed by atoms with Crippen molar-refractivity contribution in [2.45, 2.75) is 31.7 Å². The number of nitrogens with two attached hydrogens (primary N) is 1. The van der Waals surface area contributed by atoms with Gasteiger partial charge in [-0.2, -0.15) is 0 Å². The highest BCUT2D eigenvalue weighted by Crippen LogP contribution is 2.35. The minimum Gasteiger partial charge on any atom is -0.493 e. The zero-order valence-corrected chi connectivity index (χ0v) is 11.9. The van der Waals surface area contributed by atoms with E-state index in [1.165, 1.54) is 16.7 Å². The highest BCUT2D eigenvalue weighted by atomic mass is 16.5. The Hall–Kier alpha value is -1.80. The van der Waals surface area contributed by atoms with Crippen LogP contribution < -0.4 is 10.5 Å². The van der Waals surface area contributed by atoms with Crippen LogP contribution in [0.25, 0.3) is 0 Å². The summed E-state index contributed by atoms with van der Waals surface area (Å²) in [6, 6.07) is 17.1. The largest absolute Gasteiger partial charge is 0.493 e. The molecule has 2 atom stereocenters. The Bertz CT molecular complexity index is 576. The maximum absolute atomic E-state index is 6.42. The molecule has 2 unspecified atom stereocenters. The van der Waals surface area contributed by atoms with Gasteiger partial charge in [-0.15, -0.1) is 0 Å². The van der Waals surface area contributed by atoms with E-state index in [0.717, 1.165) is 18.6 Å². The molecular formula is C18H21NO. The third-order valence-corrected chi connectivity index (χ3v) is 4.16. The molecule has 2 heteroatoms. The summed E-state index contributed by atoms with van der Waals surface area (Å²) in [6.07, 6.45) is 1.97. The zero-order chi connectivity index (χ0) is 13.9. The summed E-state index contributed by atoms with van der Waals surface area (Å²) < 4.78 is 5.73. The fraction of sp³-hybridized carbons (Fsp3) is 0.333. The van der Waals surface area contributed by atoms with Gasteiger partial charge in [0.15, 0.2) is 0 Å². The van der Waals surface area contributed by atoms with E-state index >= 15 is 0 Å². The summed E-state index contributed by atoms with van der Waals surface area (Å²) in [5.41, 5.74) is 10.3. The highest BCUT2D eigenvalue weighted by molar-refractivity contribution is 5.41. The molecule has 0 aromatic heterocycles. The van der Waals surface area contributed by atoms with Crippen molar-refractivity contribution < 1.29 is 4.74 Å². The average molecular weight is 267 g/mol. The first-order chi connectivity index (χ1) is 9.78. The van der Waals surface area contributed by atoms with E-state index in [1.807, 2.05) is 12.1 Å². The average Bonchev–Trinajstić information content (AvgIpc) is 2.92. The molecule has 1 heterocycles. The third-order valence-electron chi connectivity index (χ3n) is 4.16. The van der Waals surface area contributed by atoms with Crippen LogP contribution in [0.4, 0.5) is 0 Å². The maximum atomic E-state index is 6.42. The summed E-state index contributed by atoms with van der Waals surface area (Å²) in [4.78, 5) is 0. The number of hydrogen-bond acceptors (Lipinski definition) is 2. The second kappa shape index (κ2) is 5.68. The Morgan fingerprint density at radius 2 is 1.80 bits per heavy atom. The third kappa shape index (κ3) is 2.56. The van der Waals surface area contributed by atoms with Gasteiger partial charge in [0.2, 0.25) is 0 Å². The highest BCUT2D eigenvalue weighted by Gasteiger charge is 2.28. The van der Waals surface area contributed by atoms with E-state index in [1.54, 1.807) is 0 Å². The Labute approximate surface area is 120 Å². The minimum atomic E-state index is 0.103.